The van der Waals surface area contributed by atoms with Crippen molar-refractivity contribution in [2.75, 3.05) is 0 Å². The van der Waals surface area contributed by atoms with Gasteiger partial charge in [0.25, 0.3) is 0 Å². The zero-order valence-electron chi connectivity index (χ0n) is 7.05. The van der Waals surface area contributed by atoms with Gasteiger partial charge in [-0.1, -0.05) is 18.9 Å². The van der Waals surface area contributed by atoms with E-state index in [1.807, 2.05) is 13.8 Å². The molecule has 0 heterocycles. The highest BCUT2D eigenvalue weighted by Crippen LogP contribution is 2.25. The highest BCUT2D eigenvalue weighted by Gasteiger charge is 2.27. The second-order valence-corrected chi connectivity index (χ2v) is 3.09. The molecule has 62 valence electrons. The molecule has 1 aliphatic rings. The number of carbonyl (C=O) groups is 1. The number of Topliss-reactive ketones (excluding diaryl/α,β-unsaturated/α-hetero) is 1. The number of aliphatic hydroxyl groups is 1. The van der Waals surface area contributed by atoms with Gasteiger partial charge in [0.2, 0.25) is 0 Å². The molecule has 0 spiro atoms. The van der Waals surface area contributed by atoms with Crippen molar-refractivity contribution in [1.29, 1.82) is 0 Å². The average molecular weight is 154 g/mol. The van der Waals surface area contributed by atoms with Crippen molar-refractivity contribution in [2.24, 2.45) is 0 Å². The fraction of sp³-hybridized carbons (Fsp3) is 0.667. The van der Waals surface area contributed by atoms with Crippen molar-refractivity contribution in [1.82, 2.24) is 0 Å². The van der Waals surface area contributed by atoms with E-state index in [0.29, 0.717) is 6.42 Å². The molecule has 1 unspecified atom stereocenters. The van der Waals surface area contributed by atoms with Crippen LogP contribution in [0.15, 0.2) is 11.1 Å². The number of hydrogen-bond donors (Lipinski definition) is 1. The smallest absolute Gasteiger partial charge is 0.187 e. The van der Waals surface area contributed by atoms with Gasteiger partial charge in [-0.15, -0.1) is 0 Å². The van der Waals surface area contributed by atoms with Gasteiger partial charge < -0.3 is 5.11 Å². The Bertz CT molecular complexity index is 204. The molecular formula is C9H14O2. The van der Waals surface area contributed by atoms with Crippen LogP contribution in [0, 0.1) is 0 Å². The minimum Gasteiger partial charge on any atom is -0.385 e. The van der Waals surface area contributed by atoms with Crippen LogP contribution in [-0.2, 0) is 4.79 Å². The Labute approximate surface area is 66.9 Å². The topological polar surface area (TPSA) is 37.3 Å². The first-order chi connectivity index (χ1) is 5.16. The molecule has 0 aromatic carbocycles. The molecule has 1 rings (SSSR count). The summed E-state index contributed by atoms with van der Waals surface area (Å²) in [5, 5.41) is 9.17. The van der Waals surface area contributed by atoms with E-state index in [0.717, 1.165) is 24.0 Å². The molecule has 2 nitrogen and oxygen atoms in total. The van der Waals surface area contributed by atoms with E-state index in [-0.39, 0.29) is 5.78 Å². The summed E-state index contributed by atoms with van der Waals surface area (Å²) < 4.78 is 0. The van der Waals surface area contributed by atoms with Crippen molar-refractivity contribution in [3.05, 3.63) is 11.1 Å². The second kappa shape index (κ2) is 3.18. The van der Waals surface area contributed by atoms with E-state index >= 15 is 0 Å². The van der Waals surface area contributed by atoms with Gasteiger partial charge in [0.1, 0.15) is 6.10 Å². The third-order valence-corrected chi connectivity index (χ3v) is 2.11. The Morgan fingerprint density at radius 2 is 2.27 bits per heavy atom. The SMILES string of the molecule is CCCC1=C(C)CC(O)C1=O. The predicted octanol–water partition coefficient (Wildman–Crippen LogP) is 1.44. The Morgan fingerprint density at radius 1 is 1.64 bits per heavy atom. The monoisotopic (exact) mass is 154 g/mol. The molecule has 0 amide bonds. The van der Waals surface area contributed by atoms with Crippen LogP contribution in [0.4, 0.5) is 0 Å². The third-order valence-electron chi connectivity index (χ3n) is 2.11. The van der Waals surface area contributed by atoms with Gasteiger partial charge in [-0.25, -0.2) is 0 Å². The number of ketones is 1. The van der Waals surface area contributed by atoms with Crippen LogP contribution in [0.1, 0.15) is 33.1 Å². The van der Waals surface area contributed by atoms with Gasteiger partial charge in [0.05, 0.1) is 0 Å². The molecule has 0 bridgehead atoms. The molecule has 0 aromatic heterocycles. The quantitative estimate of drug-likeness (QED) is 0.653. The Kier molecular flexibility index (Phi) is 2.45. The minimum absolute atomic E-state index is 0.0515. The maximum atomic E-state index is 11.2. The lowest BCUT2D eigenvalue weighted by molar-refractivity contribution is -0.122. The van der Waals surface area contributed by atoms with Gasteiger partial charge in [0.15, 0.2) is 5.78 Å². The maximum absolute atomic E-state index is 11.2. The summed E-state index contributed by atoms with van der Waals surface area (Å²) in [4.78, 5) is 11.2. The van der Waals surface area contributed by atoms with Crippen LogP contribution < -0.4 is 0 Å². The number of aliphatic hydroxyl groups excluding tert-OH is 1. The van der Waals surface area contributed by atoms with Gasteiger partial charge >= 0.3 is 0 Å². The normalized spacial score (nSPS) is 25.0. The summed E-state index contributed by atoms with van der Waals surface area (Å²) >= 11 is 0. The number of rotatable bonds is 2. The molecule has 0 aromatic rings. The Balaban J connectivity index is 2.74. The van der Waals surface area contributed by atoms with Crippen LogP contribution in [0.2, 0.25) is 0 Å². The zero-order valence-corrected chi connectivity index (χ0v) is 7.05. The molecule has 0 saturated heterocycles. The summed E-state index contributed by atoms with van der Waals surface area (Å²) in [6, 6.07) is 0. The van der Waals surface area contributed by atoms with Crippen molar-refractivity contribution in [3.63, 3.8) is 0 Å². The second-order valence-electron chi connectivity index (χ2n) is 3.09. The molecule has 1 N–H and O–H groups in total. The van der Waals surface area contributed by atoms with Crippen LogP contribution in [0.5, 0.6) is 0 Å². The molecule has 0 aliphatic heterocycles. The minimum atomic E-state index is -0.739. The van der Waals surface area contributed by atoms with E-state index in [1.54, 1.807) is 0 Å². The van der Waals surface area contributed by atoms with Crippen LogP contribution in [0.3, 0.4) is 0 Å². The van der Waals surface area contributed by atoms with Gasteiger partial charge in [-0.3, -0.25) is 4.79 Å². The fourth-order valence-corrected chi connectivity index (χ4v) is 1.50. The number of hydrogen-bond acceptors (Lipinski definition) is 2. The van der Waals surface area contributed by atoms with E-state index < -0.39 is 6.10 Å². The Morgan fingerprint density at radius 3 is 2.64 bits per heavy atom. The highest BCUT2D eigenvalue weighted by molar-refractivity contribution is 6.01. The lowest BCUT2D eigenvalue weighted by Gasteiger charge is -1.99. The van der Waals surface area contributed by atoms with Gasteiger partial charge in [-0.2, -0.15) is 0 Å². The largest absolute Gasteiger partial charge is 0.385 e. The lowest BCUT2D eigenvalue weighted by Crippen LogP contribution is -2.14. The summed E-state index contributed by atoms with van der Waals surface area (Å²) in [7, 11) is 0. The standard InChI is InChI=1S/C9H14O2/c1-3-4-7-6(2)5-8(10)9(7)11/h8,10H,3-5H2,1-2H3. The molecule has 0 radical (unpaired) electrons. The van der Waals surface area contributed by atoms with E-state index in [2.05, 4.69) is 0 Å². The van der Waals surface area contributed by atoms with Crippen LogP contribution >= 0.6 is 0 Å². The molecule has 0 fully saturated rings. The molecule has 2 heteroatoms. The van der Waals surface area contributed by atoms with Crippen molar-refractivity contribution in [2.45, 2.75) is 39.2 Å². The Hall–Kier alpha value is -0.630. The first-order valence-electron chi connectivity index (χ1n) is 4.07. The first-order valence-corrected chi connectivity index (χ1v) is 4.07. The molecule has 1 aliphatic carbocycles. The third kappa shape index (κ3) is 1.51. The molecule has 1 atom stereocenters. The molecule has 11 heavy (non-hydrogen) atoms. The van der Waals surface area contributed by atoms with Gasteiger partial charge in [0, 0.05) is 6.42 Å². The van der Waals surface area contributed by atoms with E-state index in [4.69, 9.17) is 0 Å². The summed E-state index contributed by atoms with van der Waals surface area (Å²) in [6.07, 6.45) is 1.61. The lowest BCUT2D eigenvalue weighted by atomic mass is 10.1. The average Bonchev–Trinajstić information content (AvgIpc) is 2.17. The molecule has 0 saturated carbocycles. The van der Waals surface area contributed by atoms with Crippen LogP contribution in [-0.4, -0.2) is 17.0 Å². The van der Waals surface area contributed by atoms with Gasteiger partial charge in [-0.05, 0) is 18.9 Å². The predicted molar refractivity (Wildman–Crippen MR) is 43.2 cm³/mol. The summed E-state index contributed by atoms with van der Waals surface area (Å²) in [6.45, 7) is 3.97. The summed E-state index contributed by atoms with van der Waals surface area (Å²) in [5.41, 5.74) is 1.93. The van der Waals surface area contributed by atoms with Crippen molar-refractivity contribution < 1.29 is 9.90 Å². The highest BCUT2D eigenvalue weighted by atomic mass is 16.3. The fourth-order valence-electron chi connectivity index (χ4n) is 1.50. The first kappa shape index (κ1) is 8.47. The maximum Gasteiger partial charge on any atom is 0.187 e. The van der Waals surface area contributed by atoms with E-state index in [9.17, 15) is 9.90 Å². The van der Waals surface area contributed by atoms with Crippen molar-refractivity contribution >= 4 is 5.78 Å². The van der Waals surface area contributed by atoms with Crippen LogP contribution in [0.25, 0.3) is 0 Å². The molecular weight excluding hydrogens is 140 g/mol. The number of carbonyl (C=O) groups excluding carboxylic acids is 1. The van der Waals surface area contributed by atoms with E-state index in [1.165, 1.54) is 0 Å². The summed E-state index contributed by atoms with van der Waals surface area (Å²) in [5.74, 6) is -0.0515. The van der Waals surface area contributed by atoms with Crippen molar-refractivity contribution in [3.8, 4) is 0 Å². The zero-order chi connectivity index (χ0) is 8.43.